The largest absolute Gasteiger partial charge is 0.274 e. The summed E-state index contributed by atoms with van der Waals surface area (Å²) in [5, 5.41) is 12.5. The first-order valence-electron chi connectivity index (χ1n) is 3.20. The standard InChI is InChI=1S/C7H9N3/c1-3-6-5-10(2)9-7(6)4-8/h5H,3H2,1-2H3. The first-order chi connectivity index (χ1) is 4.77. The van der Waals surface area contributed by atoms with Gasteiger partial charge >= 0.3 is 0 Å². The second-order valence-electron chi connectivity index (χ2n) is 2.14. The predicted molar refractivity (Wildman–Crippen MR) is 37.3 cm³/mol. The van der Waals surface area contributed by atoms with Gasteiger partial charge in [0.2, 0.25) is 0 Å². The molecule has 0 aliphatic rings. The smallest absolute Gasteiger partial charge is 0.165 e. The summed E-state index contributed by atoms with van der Waals surface area (Å²) >= 11 is 0. The van der Waals surface area contributed by atoms with Crippen LogP contribution in [0.25, 0.3) is 0 Å². The Morgan fingerprint density at radius 1 is 1.80 bits per heavy atom. The topological polar surface area (TPSA) is 41.6 Å². The lowest BCUT2D eigenvalue weighted by Gasteiger charge is -1.83. The number of aryl methyl sites for hydroxylation is 2. The summed E-state index contributed by atoms with van der Waals surface area (Å²) in [6, 6.07) is 2.04. The van der Waals surface area contributed by atoms with Gasteiger partial charge in [-0.3, -0.25) is 4.68 Å². The van der Waals surface area contributed by atoms with Crippen LogP contribution in [0, 0.1) is 11.3 Å². The quantitative estimate of drug-likeness (QED) is 0.573. The molecule has 0 bridgehead atoms. The predicted octanol–water partition coefficient (Wildman–Crippen LogP) is 0.854. The molecule has 0 spiro atoms. The van der Waals surface area contributed by atoms with Crippen molar-refractivity contribution in [1.82, 2.24) is 9.78 Å². The molecule has 52 valence electrons. The molecular formula is C7H9N3. The normalized spacial score (nSPS) is 9.30. The van der Waals surface area contributed by atoms with Crippen LogP contribution in [-0.2, 0) is 13.5 Å². The highest BCUT2D eigenvalue weighted by molar-refractivity contribution is 5.28. The van der Waals surface area contributed by atoms with E-state index in [4.69, 9.17) is 5.26 Å². The Hall–Kier alpha value is -1.30. The van der Waals surface area contributed by atoms with Crippen LogP contribution in [-0.4, -0.2) is 9.78 Å². The van der Waals surface area contributed by atoms with Crippen LogP contribution in [0.15, 0.2) is 6.20 Å². The molecule has 0 saturated heterocycles. The van der Waals surface area contributed by atoms with Gasteiger partial charge in [-0.1, -0.05) is 6.92 Å². The maximum absolute atomic E-state index is 8.54. The van der Waals surface area contributed by atoms with Crippen LogP contribution < -0.4 is 0 Å². The fourth-order valence-electron chi connectivity index (χ4n) is 0.890. The summed E-state index contributed by atoms with van der Waals surface area (Å²) < 4.78 is 1.66. The summed E-state index contributed by atoms with van der Waals surface area (Å²) in [6.45, 7) is 2.01. The highest BCUT2D eigenvalue weighted by Gasteiger charge is 2.02. The van der Waals surface area contributed by atoms with Crippen LogP contribution in [0.5, 0.6) is 0 Å². The third-order valence-corrected chi connectivity index (χ3v) is 1.39. The van der Waals surface area contributed by atoms with Gasteiger partial charge in [0.05, 0.1) is 0 Å². The van der Waals surface area contributed by atoms with E-state index >= 15 is 0 Å². The van der Waals surface area contributed by atoms with Gasteiger partial charge in [0.15, 0.2) is 5.69 Å². The van der Waals surface area contributed by atoms with Gasteiger partial charge < -0.3 is 0 Å². The minimum Gasteiger partial charge on any atom is -0.274 e. The zero-order chi connectivity index (χ0) is 7.56. The van der Waals surface area contributed by atoms with Crippen molar-refractivity contribution >= 4 is 0 Å². The third kappa shape index (κ3) is 1.01. The number of nitriles is 1. The average molecular weight is 135 g/mol. The lowest BCUT2D eigenvalue weighted by atomic mass is 10.2. The summed E-state index contributed by atoms with van der Waals surface area (Å²) in [7, 11) is 1.82. The van der Waals surface area contributed by atoms with Crippen molar-refractivity contribution in [3.05, 3.63) is 17.5 Å². The van der Waals surface area contributed by atoms with Gasteiger partial charge in [0, 0.05) is 18.8 Å². The van der Waals surface area contributed by atoms with Crippen molar-refractivity contribution in [3.8, 4) is 6.07 Å². The summed E-state index contributed by atoms with van der Waals surface area (Å²) in [5.41, 5.74) is 1.56. The molecule has 0 aliphatic carbocycles. The van der Waals surface area contributed by atoms with Gasteiger partial charge in [0.25, 0.3) is 0 Å². The monoisotopic (exact) mass is 135 g/mol. The molecule has 0 aliphatic heterocycles. The van der Waals surface area contributed by atoms with Crippen molar-refractivity contribution in [2.45, 2.75) is 13.3 Å². The van der Waals surface area contributed by atoms with Gasteiger partial charge in [-0.15, -0.1) is 0 Å². The highest BCUT2D eigenvalue weighted by Crippen LogP contribution is 2.04. The van der Waals surface area contributed by atoms with Crippen LogP contribution in [0.1, 0.15) is 18.2 Å². The summed E-state index contributed by atoms with van der Waals surface area (Å²) in [6.07, 6.45) is 2.75. The molecule has 3 nitrogen and oxygen atoms in total. The molecule has 0 aromatic carbocycles. The van der Waals surface area contributed by atoms with E-state index in [1.807, 2.05) is 26.2 Å². The molecule has 3 heteroatoms. The molecule has 0 unspecified atom stereocenters. The molecular weight excluding hydrogens is 126 g/mol. The SMILES string of the molecule is CCc1cn(C)nc1C#N. The second kappa shape index (κ2) is 2.53. The van der Waals surface area contributed by atoms with Crippen LogP contribution in [0.2, 0.25) is 0 Å². The Morgan fingerprint density at radius 2 is 2.50 bits per heavy atom. The Balaban J connectivity index is 3.12. The molecule has 0 amide bonds. The van der Waals surface area contributed by atoms with Crippen molar-refractivity contribution in [2.24, 2.45) is 7.05 Å². The van der Waals surface area contributed by atoms with E-state index in [1.54, 1.807) is 4.68 Å². The molecule has 0 radical (unpaired) electrons. The maximum Gasteiger partial charge on any atom is 0.165 e. The number of hydrogen-bond donors (Lipinski definition) is 0. The fraction of sp³-hybridized carbons (Fsp3) is 0.429. The third-order valence-electron chi connectivity index (χ3n) is 1.39. The lowest BCUT2D eigenvalue weighted by Crippen LogP contribution is -1.86. The minimum absolute atomic E-state index is 0.546. The van der Waals surface area contributed by atoms with Gasteiger partial charge in [-0.05, 0) is 6.42 Å². The van der Waals surface area contributed by atoms with Gasteiger partial charge in [-0.25, -0.2) is 0 Å². The highest BCUT2D eigenvalue weighted by atomic mass is 15.2. The molecule has 1 rings (SSSR count). The zero-order valence-electron chi connectivity index (χ0n) is 6.13. The lowest BCUT2D eigenvalue weighted by molar-refractivity contribution is 0.762. The van der Waals surface area contributed by atoms with Crippen LogP contribution in [0.4, 0.5) is 0 Å². The fourth-order valence-corrected chi connectivity index (χ4v) is 0.890. The van der Waals surface area contributed by atoms with E-state index in [1.165, 1.54) is 0 Å². The molecule has 0 saturated carbocycles. The number of nitrogens with zero attached hydrogens (tertiary/aromatic N) is 3. The molecule has 1 heterocycles. The Labute approximate surface area is 59.9 Å². The molecule has 10 heavy (non-hydrogen) atoms. The molecule has 0 atom stereocenters. The number of rotatable bonds is 1. The van der Waals surface area contributed by atoms with Crippen molar-refractivity contribution in [3.63, 3.8) is 0 Å². The molecule has 0 N–H and O–H groups in total. The van der Waals surface area contributed by atoms with E-state index < -0.39 is 0 Å². The zero-order valence-corrected chi connectivity index (χ0v) is 6.13. The van der Waals surface area contributed by atoms with E-state index in [9.17, 15) is 0 Å². The van der Waals surface area contributed by atoms with Crippen molar-refractivity contribution in [2.75, 3.05) is 0 Å². The minimum atomic E-state index is 0.546. The summed E-state index contributed by atoms with van der Waals surface area (Å²) in [5.74, 6) is 0. The number of aromatic nitrogens is 2. The molecule has 1 aromatic heterocycles. The van der Waals surface area contributed by atoms with Crippen molar-refractivity contribution in [1.29, 1.82) is 5.26 Å². The number of hydrogen-bond acceptors (Lipinski definition) is 2. The van der Waals surface area contributed by atoms with Crippen molar-refractivity contribution < 1.29 is 0 Å². The Bertz CT molecular complexity index is 267. The van der Waals surface area contributed by atoms with E-state index in [2.05, 4.69) is 5.10 Å². The van der Waals surface area contributed by atoms with E-state index in [-0.39, 0.29) is 0 Å². The van der Waals surface area contributed by atoms with E-state index in [0.717, 1.165) is 12.0 Å². The van der Waals surface area contributed by atoms with Crippen LogP contribution in [0.3, 0.4) is 0 Å². The average Bonchev–Trinajstić information content (AvgIpc) is 2.30. The molecule has 1 aromatic rings. The first-order valence-corrected chi connectivity index (χ1v) is 3.20. The Kier molecular flexibility index (Phi) is 1.72. The second-order valence-corrected chi connectivity index (χ2v) is 2.14. The van der Waals surface area contributed by atoms with Gasteiger partial charge in [-0.2, -0.15) is 10.4 Å². The van der Waals surface area contributed by atoms with Gasteiger partial charge in [0.1, 0.15) is 6.07 Å². The van der Waals surface area contributed by atoms with Crippen LogP contribution >= 0.6 is 0 Å². The Morgan fingerprint density at radius 3 is 2.90 bits per heavy atom. The maximum atomic E-state index is 8.54. The summed E-state index contributed by atoms with van der Waals surface area (Å²) in [4.78, 5) is 0. The first kappa shape index (κ1) is 6.81. The van der Waals surface area contributed by atoms with E-state index in [0.29, 0.717) is 5.69 Å². The molecule has 0 fully saturated rings.